The zero-order valence-electron chi connectivity index (χ0n) is 14.3. The first kappa shape index (κ1) is 17.1. The number of amides is 2. The molecule has 1 atom stereocenters. The van der Waals surface area contributed by atoms with Crippen molar-refractivity contribution in [1.82, 2.24) is 15.1 Å². The Morgan fingerprint density at radius 3 is 2.68 bits per heavy atom. The molecule has 1 aliphatic heterocycles. The minimum Gasteiger partial charge on any atom is -0.354 e. The van der Waals surface area contributed by atoms with Gasteiger partial charge in [0.1, 0.15) is 5.82 Å². The maximum Gasteiger partial charge on any atom is 0.227 e. The normalized spacial score (nSPS) is 17.2. The Labute approximate surface area is 145 Å². The number of carbonyl (C=O) groups is 2. The zero-order chi connectivity index (χ0) is 18.0. The first-order chi connectivity index (χ1) is 11.9. The minimum absolute atomic E-state index is 0.120. The van der Waals surface area contributed by atoms with Gasteiger partial charge in [-0.1, -0.05) is 0 Å². The topological polar surface area (TPSA) is 67.2 Å². The van der Waals surface area contributed by atoms with Gasteiger partial charge in [-0.2, -0.15) is 5.10 Å². The molecule has 2 heterocycles. The van der Waals surface area contributed by atoms with Crippen LogP contribution in [-0.2, 0) is 16.1 Å². The quantitative estimate of drug-likeness (QED) is 0.899. The van der Waals surface area contributed by atoms with Gasteiger partial charge in [-0.25, -0.2) is 4.39 Å². The molecule has 0 saturated carbocycles. The number of hydrogen-bond donors (Lipinski definition) is 1. The van der Waals surface area contributed by atoms with E-state index in [0.717, 1.165) is 11.4 Å². The van der Waals surface area contributed by atoms with Crippen LogP contribution in [0.15, 0.2) is 30.3 Å². The summed E-state index contributed by atoms with van der Waals surface area (Å²) in [7, 11) is 0. The van der Waals surface area contributed by atoms with Crippen LogP contribution in [-0.4, -0.2) is 34.7 Å². The summed E-state index contributed by atoms with van der Waals surface area (Å²) in [6, 6.07) is 7.71. The standard InChI is InChI=1S/C18H21FN4O2/c1-12-9-13(2)23(21-12)8-7-20-18(25)14-10-17(24)22(11-14)16-5-3-15(19)4-6-16/h3-6,9,14H,7-8,10-11H2,1-2H3,(H,20,25)/t14-/m0/s1. The summed E-state index contributed by atoms with van der Waals surface area (Å²) in [6.45, 7) is 5.26. The lowest BCUT2D eigenvalue weighted by Crippen LogP contribution is -2.35. The number of aryl methyl sites for hydroxylation is 2. The molecular formula is C18H21FN4O2. The molecule has 3 rings (SSSR count). The highest BCUT2D eigenvalue weighted by atomic mass is 19.1. The molecular weight excluding hydrogens is 323 g/mol. The number of rotatable bonds is 5. The number of benzene rings is 1. The van der Waals surface area contributed by atoms with E-state index in [1.807, 2.05) is 24.6 Å². The van der Waals surface area contributed by atoms with E-state index in [1.54, 1.807) is 12.1 Å². The van der Waals surface area contributed by atoms with Crippen LogP contribution in [0.3, 0.4) is 0 Å². The largest absolute Gasteiger partial charge is 0.354 e. The predicted molar refractivity (Wildman–Crippen MR) is 91.6 cm³/mol. The number of nitrogens with one attached hydrogen (secondary N) is 1. The lowest BCUT2D eigenvalue weighted by molar-refractivity contribution is -0.126. The number of carbonyl (C=O) groups excluding carboxylic acids is 2. The van der Waals surface area contributed by atoms with Gasteiger partial charge in [-0.3, -0.25) is 14.3 Å². The van der Waals surface area contributed by atoms with Crippen LogP contribution in [0.1, 0.15) is 17.8 Å². The molecule has 0 radical (unpaired) electrons. The van der Waals surface area contributed by atoms with Gasteiger partial charge in [0, 0.05) is 30.9 Å². The monoisotopic (exact) mass is 344 g/mol. The number of halogens is 1. The summed E-state index contributed by atoms with van der Waals surface area (Å²) < 4.78 is 14.9. The minimum atomic E-state index is -0.391. The Kier molecular flexibility index (Phi) is 4.83. The van der Waals surface area contributed by atoms with E-state index in [2.05, 4.69) is 10.4 Å². The average molecular weight is 344 g/mol. The Hall–Kier alpha value is -2.70. The molecule has 1 saturated heterocycles. The van der Waals surface area contributed by atoms with Crippen molar-refractivity contribution in [3.63, 3.8) is 0 Å². The van der Waals surface area contributed by atoms with Gasteiger partial charge >= 0.3 is 0 Å². The summed E-state index contributed by atoms with van der Waals surface area (Å²) in [6.07, 6.45) is 0.170. The molecule has 0 unspecified atom stereocenters. The average Bonchev–Trinajstić information content (AvgIpc) is 3.10. The van der Waals surface area contributed by atoms with Crippen molar-refractivity contribution in [3.05, 3.63) is 47.5 Å². The third kappa shape index (κ3) is 3.87. The molecule has 1 aliphatic rings. The predicted octanol–water partition coefficient (Wildman–Crippen LogP) is 1.81. The molecule has 7 heteroatoms. The highest BCUT2D eigenvalue weighted by molar-refractivity contribution is 6.00. The van der Waals surface area contributed by atoms with Crippen LogP contribution in [0.25, 0.3) is 0 Å². The summed E-state index contributed by atoms with van der Waals surface area (Å²) in [5, 5.41) is 7.22. The number of anilines is 1. The second-order valence-electron chi connectivity index (χ2n) is 6.32. The van der Waals surface area contributed by atoms with Gasteiger partial charge < -0.3 is 10.2 Å². The van der Waals surface area contributed by atoms with Crippen LogP contribution in [0.5, 0.6) is 0 Å². The summed E-state index contributed by atoms with van der Waals surface area (Å²) in [4.78, 5) is 26.0. The Balaban J connectivity index is 1.54. The van der Waals surface area contributed by atoms with E-state index in [4.69, 9.17) is 0 Å². The van der Waals surface area contributed by atoms with Gasteiger partial charge in [0.25, 0.3) is 0 Å². The van der Waals surface area contributed by atoms with Gasteiger partial charge in [-0.15, -0.1) is 0 Å². The summed E-state index contributed by atoms with van der Waals surface area (Å²) in [5.41, 5.74) is 2.61. The molecule has 25 heavy (non-hydrogen) atoms. The number of aromatic nitrogens is 2. The Bertz CT molecular complexity index is 785. The highest BCUT2D eigenvalue weighted by Gasteiger charge is 2.34. The van der Waals surface area contributed by atoms with Crippen molar-refractivity contribution < 1.29 is 14.0 Å². The SMILES string of the molecule is Cc1cc(C)n(CCNC(=O)[C@H]2CC(=O)N(c3ccc(F)cc3)C2)n1. The van der Waals surface area contributed by atoms with Crippen molar-refractivity contribution in [2.75, 3.05) is 18.0 Å². The second kappa shape index (κ2) is 7.04. The van der Waals surface area contributed by atoms with Crippen molar-refractivity contribution in [1.29, 1.82) is 0 Å². The van der Waals surface area contributed by atoms with E-state index in [1.165, 1.54) is 17.0 Å². The zero-order valence-corrected chi connectivity index (χ0v) is 14.3. The molecule has 132 valence electrons. The molecule has 1 N–H and O–H groups in total. The molecule has 1 fully saturated rings. The summed E-state index contributed by atoms with van der Waals surface area (Å²) >= 11 is 0. The van der Waals surface area contributed by atoms with E-state index < -0.39 is 5.92 Å². The fraction of sp³-hybridized carbons (Fsp3) is 0.389. The smallest absolute Gasteiger partial charge is 0.227 e. The fourth-order valence-corrected chi connectivity index (χ4v) is 3.08. The van der Waals surface area contributed by atoms with Gasteiger partial charge in [0.15, 0.2) is 0 Å². The number of hydrogen-bond acceptors (Lipinski definition) is 3. The maximum absolute atomic E-state index is 13.0. The van der Waals surface area contributed by atoms with Crippen LogP contribution >= 0.6 is 0 Å². The summed E-state index contributed by atoms with van der Waals surface area (Å²) in [5.74, 6) is -1.00. The fourth-order valence-electron chi connectivity index (χ4n) is 3.08. The molecule has 6 nitrogen and oxygen atoms in total. The first-order valence-corrected chi connectivity index (χ1v) is 8.29. The molecule has 0 bridgehead atoms. The molecule has 0 aliphatic carbocycles. The Morgan fingerprint density at radius 1 is 1.32 bits per heavy atom. The van der Waals surface area contributed by atoms with E-state index in [9.17, 15) is 14.0 Å². The lowest BCUT2D eigenvalue weighted by atomic mass is 10.1. The Morgan fingerprint density at radius 2 is 2.04 bits per heavy atom. The molecule has 1 aromatic carbocycles. The van der Waals surface area contributed by atoms with E-state index in [-0.39, 0.29) is 24.1 Å². The van der Waals surface area contributed by atoms with Gasteiger partial charge in [0.2, 0.25) is 11.8 Å². The van der Waals surface area contributed by atoms with Crippen LogP contribution in [0, 0.1) is 25.6 Å². The highest BCUT2D eigenvalue weighted by Crippen LogP contribution is 2.25. The van der Waals surface area contributed by atoms with Crippen molar-refractivity contribution in [2.45, 2.75) is 26.8 Å². The van der Waals surface area contributed by atoms with E-state index in [0.29, 0.717) is 25.3 Å². The van der Waals surface area contributed by atoms with Gasteiger partial charge in [0.05, 0.1) is 18.2 Å². The number of nitrogens with zero attached hydrogens (tertiary/aromatic N) is 3. The van der Waals surface area contributed by atoms with Crippen molar-refractivity contribution in [2.24, 2.45) is 5.92 Å². The van der Waals surface area contributed by atoms with Crippen LogP contribution in [0.4, 0.5) is 10.1 Å². The molecule has 2 aromatic rings. The maximum atomic E-state index is 13.0. The van der Waals surface area contributed by atoms with Crippen molar-refractivity contribution in [3.8, 4) is 0 Å². The first-order valence-electron chi connectivity index (χ1n) is 8.29. The van der Waals surface area contributed by atoms with Crippen LogP contribution in [0.2, 0.25) is 0 Å². The molecule has 1 aromatic heterocycles. The third-order valence-electron chi connectivity index (χ3n) is 4.36. The van der Waals surface area contributed by atoms with Gasteiger partial charge in [-0.05, 0) is 44.2 Å². The van der Waals surface area contributed by atoms with Crippen LogP contribution < -0.4 is 10.2 Å². The molecule has 0 spiro atoms. The lowest BCUT2D eigenvalue weighted by Gasteiger charge is -2.16. The van der Waals surface area contributed by atoms with Crippen molar-refractivity contribution >= 4 is 17.5 Å². The van der Waals surface area contributed by atoms with E-state index >= 15 is 0 Å². The third-order valence-corrected chi connectivity index (χ3v) is 4.36. The second-order valence-corrected chi connectivity index (χ2v) is 6.32. The molecule has 2 amide bonds.